The highest BCUT2D eigenvalue weighted by Gasteiger charge is 2.10. The second kappa shape index (κ2) is 6.39. The van der Waals surface area contributed by atoms with Crippen LogP contribution in [0.3, 0.4) is 0 Å². The molecule has 3 rings (SSSR count). The lowest BCUT2D eigenvalue weighted by Crippen LogP contribution is -2.08. The first-order valence-electron chi connectivity index (χ1n) is 7.49. The lowest BCUT2D eigenvalue weighted by atomic mass is 10.1. The van der Waals surface area contributed by atoms with Crippen LogP contribution in [0.4, 0.5) is 11.5 Å². The van der Waals surface area contributed by atoms with Crippen LogP contribution >= 0.6 is 0 Å². The van der Waals surface area contributed by atoms with E-state index in [2.05, 4.69) is 16.0 Å². The Kier molecular flexibility index (Phi) is 4.13. The van der Waals surface area contributed by atoms with E-state index in [0.29, 0.717) is 17.1 Å². The van der Waals surface area contributed by atoms with Crippen molar-refractivity contribution in [1.29, 1.82) is 5.26 Å². The van der Waals surface area contributed by atoms with Gasteiger partial charge in [0, 0.05) is 30.9 Å². The molecule has 0 radical (unpaired) electrons. The van der Waals surface area contributed by atoms with Crippen LogP contribution in [0.15, 0.2) is 54.7 Å². The smallest absolute Gasteiger partial charge is 0.150 e. The van der Waals surface area contributed by atoms with Gasteiger partial charge in [0.2, 0.25) is 0 Å². The molecule has 0 bridgehead atoms. The molecule has 0 aliphatic heterocycles. The monoisotopic (exact) mass is 315 g/mol. The number of benzene rings is 2. The van der Waals surface area contributed by atoms with E-state index < -0.39 is 0 Å². The molecular weight excluding hydrogens is 298 g/mol. The first kappa shape index (κ1) is 15.5. The minimum Gasteiger partial charge on any atom is -0.382 e. The van der Waals surface area contributed by atoms with Crippen LogP contribution in [0, 0.1) is 11.3 Å². The lowest BCUT2D eigenvalue weighted by Gasteiger charge is -2.14. The molecule has 0 atom stereocenters. The van der Waals surface area contributed by atoms with E-state index in [1.165, 1.54) is 0 Å². The van der Waals surface area contributed by atoms with Gasteiger partial charge in [0.15, 0.2) is 0 Å². The minimum atomic E-state index is 0.392. The normalized spacial score (nSPS) is 10.2. The van der Waals surface area contributed by atoms with Crippen molar-refractivity contribution in [3.8, 4) is 28.6 Å². The van der Waals surface area contributed by atoms with Gasteiger partial charge in [-0.3, -0.25) is 0 Å². The van der Waals surface area contributed by atoms with Gasteiger partial charge in [-0.1, -0.05) is 24.3 Å². The maximum absolute atomic E-state index is 8.90. The van der Waals surface area contributed by atoms with E-state index in [0.717, 1.165) is 22.5 Å². The average molecular weight is 315 g/mol. The van der Waals surface area contributed by atoms with Gasteiger partial charge in [-0.05, 0) is 24.3 Å². The summed E-state index contributed by atoms with van der Waals surface area (Å²) in [7, 11) is 3.97. The second-order valence-electron chi connectivity index (χ2n) is 5.62. The molecular formula is C19H17N5. The van der Waals surface area contributed by atoms with Gasteiger partial charge >= 0.3 is 0 Å². The van der Waals surface area contributed by atoms with Crippen molar-refractivity contribution in [2.24, 2.45) is 0 Å². The molecule has 0 spiro atoms. The molecule has 2 aromatic carbocycles. The summed E-state index contributed by atoms with van der Waals surface area (Å²) in [6.45, 7) is 0. The zero-order valence-corrected chi connectivity index (χ0v) is 13.6. The summed E-state index contributed by atoms with van der Waals surface area (Å²) >= 11 is 0. The Labute approximate surface area is 141 Å². The van der Waals surface area contributed by atoms with Gasteiger partial charge in [-0.15, -0.1) is 0 Å². The highest BCUT2D eigenvalue weighted by molar-refractivity contribution is 5.75. The van der Waals surface area contributed by atoms with Crippen LogP contribution in [0.5, 0.6) is 0 Å². The number of hydrogen-bond acceptors (Lipinski definition) is 5. The third kappa shape index (κ3) is 3.03. The third-order valence-corrected chi connectivity index (χ3v) is 3.75. The molecule has 0 fully saturated rings. The Balaban J connectivity index is 2.06. The Bertz CT molecular complexity index is 908. The van der Waals surface area contributed by atoms with E-state index in [-0.39, 0.29) is 0 Å². The molecule has 3 aromatic rings. The molecule has 24 heavy (non-hydrogen) atoms. The molecule has 0 saturated carbocycles. The van der Waals surface area contributed by atoms with Crippen molar-refractivity contribution in [2.45, 2.75) is 0 Å². The van der Waals surface area contributed by atoms with Crippen LogP contribution in [0.1, 0.15) is 5.56 Å². The molecule has 5 nitrogen and oxygen atoms in total. The Morgan fingerprint density at radius 1 is 1.04 bits per heavy atom. The second-order valence-corrected chi connectivity index (χ2v) is 5.62. The van der Waals surface area contributed by atoms with E-state index in [1.54, 1.807) is 18.3 Å². The largest absolute Gasteiger partial charge is 0.382 e. The zero-order chi connectivity index (χ0) is 17.1. The molecule has 0 unspecified atom stereocenters. The van der Waals surface area contributed by atoms with E-state index in [1.807, 2.05) is 55.4 Å². The number of nitrogens with two attached hydrogens (primary N) is 1. The first-order chi connectivity index (χ1) is 11.6. The van der Waals surface area contributed by atoms with Gasteiger partial charge in [-0.2, -0.15) is 5.26 Å². The molecule has 1 heterocycles. The number of nitrogens with zero attached hydrogens (tertiary/aromatic N) is 4. The fourth-order valence-electron chi connectivity index (χ4n) is 2.40. The Morgan fingerprint density at radius 2 is 1.79 bits per heavy atom. The fraction of sp³-hybridized carbons (Fsp3) is 0.105. The molecule has 0 aliphatic rings. The zero-order valence-electron chi connectivity index (χ0n) is 13.6. The van der Waals surface area contributed by atoms with Crippen molar-refractivity contribution in [1.82, 2.24) is 9.97 Å². The average Bonchev–Trinajstić information content (AvgIpc) is 2.62. The van der Waals surface area contributed by atoms with Crippen LogP contribution in [-0.2, 0) is 0 Å². The van der Waals surface area contributed by atoms with E-state index in [4.69, 9.17) is 11.0 Å². The van der Waals surface area contributed by atoms with E-state index >= 15 is 0 Å². The topological polar surface area (TPSA) is 78.8 Å². The predicted octanol–water partition coefficient (Wildman–Crippen LogP) is 3.33. The van der Waals surface area contributed by atoms with Crippen LogP contribution in [0.2, 0.25) is 0 Å². The minimum absolute atomic E-state index is 0.392. The predicted molar refractivity (Wildman–Crippen MR) is 96.4 cm³/mol. The quantitative estimate of drug-likeness (QED) is 0.802. The number of nitriles is 1. The molecule has 0 amide bonds. The SMILES string of the molecule is CN(C)c1cccc(-c2nc(-c3ccc(C#N)cc3)cnc2N)c1. The summed E-state index contributed by atoms with van der Waals surface area (Å²) < 4.78 is 0. The molecule has 2 N–H and O–H groups in total. The summed E-state index contributed by atoms with van der Waals surface area (Å²) in [4.78, 5) is 11.0. The summed E-state index contributed by atoms with van der Waals surface area (Å²) in [5.41, 5.74) is 10.9. The van der Waals surface area contributed by atoms with Gasteiger partial charge in [0.05, 0.1) is 23.5 Å². The van der Waals surface area contributed by atoms with Crippen molar-refractivity contribution >= 4 is 11.5 Å². The van der Waals surface area contributed by atoms with Gasteiger partial charge in [0.25, 0.3) is 0 Å². The van der Waals surface area contributed by atoms with E-state index in [9.17, 15) is 0 Å². The summed E-state index contributed by atoms with van der Waals surface area (Å²) in [6, 6.07) is 17.4. The number of hydrogen-bond donors (Lipinski definition) is 1. The van der Waals surface area contributed by atoms with Crippen LogP contribution in [0.25, 0.3) is 22.5 Å². The summed E-state index contributed by atoms with van der Waals surface area (Å²) in [6.07, 6.45) is 1.65. The third-order valence-electron chi connectivity index (χ3n) is 3.75. The number of rotatable bonds is 3. The number of aromatic nitrogens is 2. The van der Waals surface area contributed by atoms with Crippen molar-refractivity contribution < 1.29 is 0 Å². The summed E-state index contributed by atoms with van der Waals surface area (Å²) in [5.74, 6) is 0.392. The highest BCUT2D eigenvalue weighted by atomic mass is 15.1. The maximum Gasteiger partial charge on any atom is 0.150 e. The van der Waals surface area contributed by atoms with Gasteiger partial charge in [-0.25, -0.2) is 9.97 Å². The maximum atomic E-state index is 8.90. The van der Waals surface area contributed by atoms with Crippen molar-refractivity contribution in [3.63, 3.8) is 0 Å². The number of nitrogen functional groups attached to an aromatic ring is 1. The van der Waals surface area contributed by atoms with Crippen molar-refractivity contribution in [2.75, 3.05) is 24.7 Å². The molecule has 5 heteroatoms. The van der Waals surface area contributed by atoms with Crippen LogP contribution in [-0.4, -0.2) is 24.1 Å². The summed E-state index contributed by atoms with van der Waals surface area (Å²) in [5, 5.41) is 8.90. The first-order valence-corrected chi connectivity index (χ1v) is 7.49. The van der Waals surface area contributed by atoms with Crippen molar-refractivity contribution in [3.05, 3.63) is 60.3 Å². The standard InChI is InChI=1S/C19H17N5/c1-24(2)16-5-3-4-15(10-16)18-19(21)22-12-17(23-18)14-8-6-13(11-20)7-9-14/h3-10,12H,1-2H3,(H2,21,22). The molecule has 1 aromatic heterocycles. The fourth-order valence-corrected chi connectivity index (χ4v) is 2.40. The highest BCUT2D eigenvalue weighted by Crippen LogP contribution is 2.28. The van der Waals surface area contributed by atoms with Gasteiger partial charge < -0.3 is 10.6 Å². The van der Waals surface area contributed by atoms with Crippen LogP contribution < -0.4 is 10.6 Å². The molecule has 0 saturated heterocycles. The number of anilines is 2. The Morgan fingerprint density at radius 3 is 2.46 bits per heavy atom. The molecule has 118 valence electrons. The lowest BCUT2D eigenvalue weighted by molar-refractivity contribution is 1.13. The molecule has 0 aliphatic carbocycles. The van der Waals surface area contributed by atoms with Gasteiger partial charge in [0.1, 0.15) is 11.5 Å². The Hall–Kier alpha value is -3.39.